The van der Waals surface area contributed by atoms with E-state index in [0.717, 1.165) is 107 Å². The van der Waals surface area contributed by atoms with Crippen molar-refractivity contribution in [1.82, 2.24) is 28.9 Å². The average molecular weight is 1160 g/mol. The summed E-state index contributed by atoms with van der Waals surface area (Å²) in [6.45, 7) is 18.8. The monoisotopic (exact) mass is 1160 g/mol. The SMILES string of the molecule is CCN1CCN(c2cc(C(=O)Nc3ccc(C)c(-c4cc5cnc(C)cc5n(C)c4=O)c3)cc(C(F)(F)F)c2)CC1.CCN1CCN(c2cc(C(=O)O)cc(C(F)(F)F)c2)CC1.Cc1cc2c(cn1)cc(-c1cc(N)ccc1C)c(=O)n2C.[B]. The van der Waals surface area contributed by atoms with Crippen LogP contribution in [0.25, 0.3) is 44.1 Å². The van der Waals surface area contributed by atoms with Crippen molar-refractivity contribution in [3.05, 3.63) is 175 Å². The minimum atomic E-state index is -4.60. The van der Waals surface area contributed by atoms with Crippen LogP contribution in [0.15, 0.2) is 119 Å². The van der Waals surface area contributed by atoms with Gasteiger partial charge in [0.1, 0.15) is 0 Å². The fraction of sp³-hybridized carbons (Fsp3) is 0.323. The lowest BCUT2D eigenvalue weighted by atomic mass is 9.99. The average Bonchev–Trinajstić information content (AvgIpc) is 2.61. The zero-order chi connectivity index (χ0) is 60.2. The number of pyridine rings is 4. The van der Waals surface area contributed by atoms with Crippen LogP contribution in [0.5, 0.6) is 0 Å². The zero-order valence-corrected chi connectivity index (χ0v) is 48.0. The Labute approximate surface area is 484 Å². The number of nitrogens with two attached hydrogens (primary N) is 1. The number of hydrogen-bond donors (Lipinski definition) is 3. The highest BCUT2D eigenvalue weighted by Gasteiger charge is 2.34. The van der Waals surface area contributed by atoms with E-state index in [-0.39, 0.29) is 30.7 Å². The molecule has 10 rings (SSSR count). The van der Waals surface area contributed by atoms with Crippen LogP contribution in [0, 0.1) is 27.7 Å². The quantitative estimate of drug-likeness (QED) is 0.0710. The number of piperazine rings is 2. The van der Waals surface area contributed by atoms with Crippen molar-refractivity contribution in [3.8, 4) is 22.3 Å². The number of anilines is 4. The third kappa shape index (κ3) is 14.5. The summed E-state index contributed by atoms with van der Waals surface area (Å²) in [5.41, 5.74) is 12.9. The minimum absolute atomic E-state index is 0. The number of likely N-dealkylation sites (N-methyl/N-ethyl adjacent to an activating group) is 2. The topological polar surface area (TPSA) is 175 Å². The molecule has 84 heavy (non-hydrogen) atoms. The maximum absolute atomic E-state index is 13.8. The molecule has 0 atom stereocenters. The molecule has 2 aliphatic rings. The largest absolute Gasteiger partial charge is 0.478 e. The second kappa shape index (κ2) is 26.0. The van der Waals surface area contributed by atoms with Crippen LogP contribution in [0.3, 0.4) is 0 Å². The van der Waals surface area contributed by atoms with Crippen molar-refractivity contribution >= 4 is 64.8 Å². The number of alkyl halides is 6. The Balaban J connectivity index is 0.000000198. The Morgan fingerprint density at radius 3 is 1.40 bits per heavy atom. The number of rotatable bonds is 9. The molecule has 1 amide bonds. The van der Waals surface area contributed by atoms with Crippen molar-refractivity contribution < 1.29 is 41.0 Å². The Bertz CT molecular complexity index is 3870. The third-order valence-corrected chi connectivity index (χ3v) is 15.2. The van der Waals surface area contributed by atoms with E-state index in [1.54, 1.807) is 64.8 Å². The fourth-order valence-corrected chi connectivity index (χ4v) is 10.3. The second-order valence-corrected chi connectivity index (χ2v) is 20.9. The number of nitrogens with one attached hydrogen (secondary N) is 1. The first kappa shape index (κ1) is 63.1. The molecular weight excluding hydrogens is 1090 g/mol. The maximum Gasteiger partial charge on any atom is 0.416 e. The van der Waals surface area contributed by atoms with Gasteiger partial charge in [-0.05, 0) is 148 Å². The number of benzene rings is 4. The van der Waals surface area contributed by atoms with Crippen molar-refractivity contribution in [1.29, 1.82) is 0 Å². The number of amides is 1. The van der Waals surface area contributed by atoms with Gasteiger partial charge in [0.2, 0.25) is 0 Å². The molecule has 4 aromatic carbocycles. The predicted octanol–water partition coefficient (Wildman–Crippen LogP) is 10.6. The molecule has 22 heteroatoms. The molecule has 2 saturated heterocycles. The van der Waals surface area contributed by atoms with Gasteiger partial charge in [-0.2, -0.15) is 26.3 Å². The third-order valence-electron chi connectivity index (χ3n) is 15.2. The van der Waals surface area contributed by atoms with E-state index < -0.39 is 35.4 Å². The smallest absolute Gasteiger partial charge is 0.416 e. The molecule has 0 unspecified atom stereocenters. The molecule has 2 fully saturated rings. The van der Waals surface area contributed by atoms with Gasteiger partial charge in [-0.3, -0.25) is 24.4 Å². The molecule has 0 spiro atoms. The van der Waals surface area contributed by atoms with Gasteiger partial charge in [0.25, 0.3) is 17.0 Å². The number of fused-ring (bicyclic) bond motifs is 2. The van der Waals surface area contributed by atoms with Crippen LogP contribution in [-0.4, -0.2) is 120 Å². The van der Waals surface area contributed by atoms with Gasteiger partial charge in [-0.1, -0.05) is 26.0 Å². The summed E-state index contributed by atoms with van der Waals surface area (Å²) in [4.78, 5) is 67.1. The first-order valence-corrected chi connectivity index (χ1v) is 27.1. The number of nitrogen functional groups attached to an aromatic ring is 1. The van der Waals surface area contributed by atoms with Crippen LogP contribution >= 0.6 is 0 Å². The Hall–Kier alpha value is -8.50. The van der Waals surface area contributed by atoms with E-state index in [9.17, 15) is 45.5 Å². The van der Waals surface area contributed by atoms with Gasteiger partial charge in [-0.15, -0.1) is 0 Å². The predicted molar refractivity (Wildman–Crippen MR) is 320 cm³/mol. The number of carbonyl (C=O) groups excluding carboxylic acids is 1. The lowest BCUT2D eigenvalue weighted by Crippen LogP contribution is -2.46. The lowest BCUT2D eigenvalue weighted by molar-refractivity contribution is -0.138. The van der Waals surface area contributed by atoms with Gasteiger partial charge in [0.15, 0.2) is 0 Å². The van der Waals surface area contributed by atoms with E-state index in [4.69, 9.17) is 10.8 Å². The molecule has 0 saturated carbocycles. The molecular formula is C62H66BF6N10O5. The number of aryl methyl sites for hydroxylation is 6. The molecule has 4 aromatic heterocycles. The van der Waals surface area contributed by atoms with Gasteiger partial charge < -0.3 is 44.9 Å². The van der Waals surface area contributed by atoms with Crippen molar-refractivity contribution in [2.75, 3.05) is 86.3 Å². The standard InChI is InChI=1S/C31H32F3N5O2.C17H17N3O.C14H17F3N2O2.B/c1-5-38-8-10-39(11-9-38)25-14-21(13-23(16-25)31(32,33)34)29(40)36-24-7-6-19(2)26(17-24)27-15-22-18-35-20(3)12-28(22)37(4)30(27)41;1-10-4-5-13(18)8-14(10)15-7-12-9-19-11(2)6-16(12)20(3)17(15)21;1-2-18-3-5-19(6-4-18)12-8-10(13(20)21)7-11(9-12)14(15,16)17;/h6-7,12-18H,5,8-11H2,1-4H3,(H,36,40);4-9H,18H2,1-3H3;7-9H,2-6H2,1H3,(H,20,21);. The summed E-state index contributed by atoms with van der Waals surface area (Å²) >= 11 is 0. The van der Waals surface area contributed by atoms with Crippen LogP contribution in [0.4, 0.5) is 49.1 Å². The molecule has 0 bridgehead atoms. The molecule has 0 aliphatic carbocycles. The molecule has 6 heterocycles. The van der Waals surface area contributed by atoms with Gasteiger partial charge >= 0.3 is 18.3 Å². The highest BCUT2D eigenvalue weighted by molar-refractivity contribution is 6.05. The molecule has 439 valence electrons. The first-order chi connectivity index (χ1) is 39.2. The molecule has 4 N–H and O–H groups in total. The summed E-state index contributed by atoms with van der Waals surface area (Å²) in [5, 5.41) is 13.5. The number of carboxylic acid groups (broad SMARTS) is 1. The molecule has 15 nitrogen and oxygen atoms in total. The Morgan fingerprint density at radius 1 is 0.560 bits per heavy atom. The molecule has 2 aliphatic heterocycles. The number of aromatic nitrogens is 4. The normalized spacial score (nSPS) is 14.1. The summed E-state index contributed by atoms with van der Waals surface area (Å²) in [6, 6.07) is 24.7. The maximum atomic E-state index is 13.8. The van der Waals surface area contributed by atoms with Gasteiger partial charge in [0.05, 0.1) is 27.7 Å². The summed E-state index contributed by atoms with van der Waals surface area (Å²) in [7, 11) is 3.48. The van der Waals surface area contributed by atoms with Crippen LogP contribution in [-0.2, 0) is 26.4 Å². The summed E-state index contributed by atoms with van der Waals surface area (Å²) < 4.78 is 83.3. The fourth-order valence-electron chi connectivity index (χ4n) is 10.3. The number of carbonyl (C=O) groups is 2. The number of hydrogen-bond acceptors (Lipinski definition) is 11. The minimum Gasteiger partial charge on any atom is -0.478 e. The van der Waals surface area contributed by atoms with Gasteiger partial charge in [-0.25, -0.2) is 4.79 Å². The van der Waals surface area contributed by atoms with Crippen LogP contribution in [0.2, 0.25) is 0 Å². The van der Waals surface area contributed by atoms with E-state index in [2.05, 4.69) is 32.0 Å². The number of carboxylic acids is 1. The Morgan fingerprint density at radius 2 is 0.976 bits per heavy atom. The van der Waals surface area contributed by atoms with Crippen LogP contribution in [0.1, 0.15) is 68.2 Å². The van der Waals surface area contributed by atoms with E-state index in [1.165, 1.54) is 12.1 Å². The number of aromatic carboxylic acids is 1. The van der Waals surface area contributed by atoms with E-state index in [1.807, 2.05) is 75.9 Å². The van der Waals surface area contributed by atoms with Crippen molar-refractivity contribution in [2.24, 2.45) is 14.1 Å². The summed E-state index contributed by atoms with van der Waals surface area (Å²) in [6.07, 6.45) is -5.64. The second-order valence-electron chi connectivity index (χ2n) is 20.9. The Kier molecular flexibility index (Phi) is 19.5. The van der Waals surface area contributed by atoms with Crippen LogP contribution < -0.4 is 32.0 Å². The summed E-state index contributed by atoms with van der Waals surface area (Å²) in [5.74, 6) is -2.01. The zero-order valence-electron chi connectivity index (χ0n) is 48.0. The first-order valence-electron chi connectivity index (χ1n) is 27.1. The molecule has 8 aromatic rings. The van der Waals surface area contributed by atoms with E-state index >= 15 is 0 Å². The molecule has 3 radical (unpaired) electrons. The van der Waals surface area contributed by atoms with E-state index in [0.29, 0.717) is 71.7 Å². The van der Waals surface area contributed by atoms with Crippen molar-refractivity contribution in [3.63, 3.8) is 0 Å². The number of halogens is 6. The van der Waals surface area contributed by atoms with Gasteiger partial charge in [0, 0.05) is 149 Å². The number of nitrogens with zero attached hydrogens (tertiary/aromatic N) is 8. The highest BCUT2D eigenvalue weighted by Crippen LogP contribution is 2.36. The van der Waals surface area contributed by atoms with Crippen molar-refractivity contribution in [2.45, 2.75) is 53.9 Å². The highest BCUT2D eigenvalue weighted by atomic mass is 19.4. The lowest BCUT2D eigenvalue weighted by Gasteiger charge is -2.36.